The molecule has 2 heteroatoms. The van der Waals surface area contributed by atoms with Gasteiger partial charge in [-0.15, -0.1) is 0 Å². The predicted molar refractivity (Wildman–Crippen MR) is 79.0 cm³/mol. The highest BCUT2D eigenvalue weighted by atomic mass is 16.6. The first-order valence-electron chi connectivity index (χ1n) is 7.91. The lowest BCUT2D eigenvalue weighted by molar-refractivity contribution is -0.000361. The molecule has 1 heterocycles. The van der Waals surface area contributed by atoms with Crippen molar-refractivity contribution in [1.29, 1.82) is 0 Å². The van der Waals surface area contributed by atoms with Crippen LogP contribution in [0.15, 0.2) is 5.16 Å². The Morgan fingerprint density at radius 2 is 1.79 bits per heavy atom. The van der Waals surface area contributed by atoms with Crippen LogP contribution >= 0.6 is 0 Å². The molecule has 2 aliphatic carbocycles. The average Bonchev–Trinajstić information content (AvgIpc) is 2.79. The van der Waals surface area contributed by atoms with Crippen molar-refractivity contribution in [3.05, 3.63) is 0 Å². The van der Waals surface area contributed by atoms with Gasteiger partial charge in [-0.25, -0.2) is 0 Å². The summed E-state index contributed by atoms with van der Waals surface area (Å²) in [7, 11) is 0. The van der Waals surface area contributed by atoms with Crippen molar-refractivity contribution in [3.8, 4) is 0 Å². The lowest BCUT2D eigenvalue weighted by atomic mass is 9.69. The second kappa shape index (κ2) is 3.99. The minimum absolute atomic E-state index is 0.170. The normalized spacial score (nSPS) is 41.2. The standard InChI is InChI=1S/C17H29NO/c1-16(2,3)9-11-7-10-8-12(11)14-13(10)15(18-19-14)17(4,5)6/h10-14H,7-9H2,1-6H3. The first kappa shape index (κ1) is 13.5. The summed E-state index contributed by atoms with van der Waals surface area (Å²) < 4.78 is 0. The maximum Gasteiger partial charge on any atom is 0.139 e. The first-order valence-corrected chi connectivity index (χ1v) is 7.91. The van der Waals surface area contributed by atoms with Gasteiger partial charge in [-0.05, 0) is 36.5 Å². The second-order valence-corrected chi connectivity index (χ2v) is 9.24. The van der Waals surface area contributed by atoms with Crippen molar-refractivity contribution in [1.82, 2.24) is 0 Å². The molecular weight excluding hydrogens is 234 g/mol. The summed E-state index contributed by atoms with van der Waals surface area (Å²) in [4.78, 5) is 5.88. The molecule has 3 aliphatic rings. The zero-order valence-corrected chi connectivity index (χ0v) is 13.4. The van der Waals surface area contributed by atoms with Gasteiger partial charge in [-0.3, -0.25) is 0 Å². The van der Waals surface area contributed by atoms with Gasteiger partial charge in [-0.1, -0.05) is 46.7 Å². The highest BCUT2D eigenvalue weighted by molar-refractivity contribution is 5.93. The van der Waals surface area contributed by atoms with Crippen LogP contribution in [0, 0.1) is 34.5 Å². The number of hydrogen-bond acceptors (Lipinski definition) is 2. The van der Waals surface area contributed by atoms with Crippen LogP contribution in [0.3, 0.4) is 0 Å². The molecule has 0 aromatic rings. The van der Waals surface area contributed by atoms with Crippen LogP contribution in [-0.2, 0) is 4.84 Å². The van der Waals surface area contributed by atoms with E-state index in [1.165, 1.54) is 25.0 Å². The maximum atomic E-state index is 5.88. The summed E-state index contributed by atoms with van der Waals surface area (Å²) in [6.45, 7) is 13.9. The Morgan fingerprint density at radius 1 is 1.11 bits per heavy atom. The van der Waals surface area contributed by atoms with Crippen LogP contribution in [-0.4, -0.2) is 11.8 Å². The van der Waals surface area contributed by atoms with Crippen molar-refractivity contribution in [2.24, 2.45) is 39.7 Å². The molecule has 0 amide bonds. The smallest absolute Gasteiger partial charge is 0.139 e. The third-order valence-corrected chi connectivity index (χ3v) is 5.30. The first-order chi connectivity index (χ1) is 8.67. The van der Waals surface area contributed by atoms with E-state index in [4.69, 9.17) is 4.84 Å². The van der Waals surface area contributed by atoms with Gasteiger partial charge in [0.25, 0.3) is 0 Å². The molecule has 0 radical (unpaired) electrons. The molecule has 19 heavy (non-hydrogen) atoms. The molecule has 2 nitrogen and oxygen atoms in total. The number of rotatable bonds is 1. The number of fused-ring (bicyclic) bond motifs is 5. The minimum atomic E-state index is 0.170. The summed E-state index contributed by atoms with van der Waals surface area (Å²) in [6.07, 6.45) is 4.53. The van der Waals surface area contributed by atoms with Gasteiger partial charge < -0.3 is 4.84 Å². The Labute approximate surface area is 118 Å². The SMILES string of the molecule is CC(C)(C)CC1CC2CC1C1ON=C(C(C)(C)C)C21. The Morgan fingerprint density at radius 3 is 2.37 bits per heavy atom. The van der Waals surface area contributed by atoms with Crippen LogP contribution in [0.5, 0.6) is 0 Å². The summed E-state index contributed by atoms with van der Waals surface area (Å²) in [5.74, 6) is 3.09. The molecule has 3 rings (SSSR count). The molecule has 2 fully saturated rings. The van der Waals surface area contributed by atoms with Crippen LogP contribution in [0.25, 0.3) is 0 Å². The molecule has 1 aliphatic heterocycles. The molecule has 0 aromatic heterocycles. The van der Waals surface area contributed by atoms with Gasteiger partial charge >= 0.3 is 0 Å². The van der Waals surface area contributed by atoms with Gasteiger partial charge in [0.15, 0.2) is 0 Å². The fourth-order valence-electron chi connectivity index (χ4n) is 4.79. The molecular formula is C17H29NO. The van der Waals surface area contributed by atoms with Gasteiger partial charge in [0.2, 0.25) is 0 Å². The summed E-state index contributed by atoms with van der Waals surface area (Å²) in [5, 5.41) is 4.48. The van der Waals surface area contributed by atoms with Crippen molar-refractivity contribution >= 4 is 5.71 Å². The molecule has 2 bridgehead atoms. The van der Waals surface area contributed by atoms with E-state index in [9.17, 15) is 0 Å². The maximum absolute atomic E-state index is 5.88. The molecule has 2 saturated carbocycles. The highest BCUT2D eigenvalue weighted by Crippen LogP contribution is 2.58. The fraction of sp³-hybridized carbons (Fsp3) is 0.941. The number of nitrogens with zero attached hydrogens (tertiary/aromatic N) is 1. The predicted octanol–water partition coefficient (Wildman–Crippen LogP) is 4.50. The van der Waals surface area contributed by atoms with E-state index in [-0.39, 0.29) is 5.41 Å². The van der Waals surface area contributed by atoms with E-state index in [0.717, 1.165) is 17.8 Å². The van der Waals surface area contributed by atoms with Crippen molar-refractivity contribution in [2.75, 3.05) is 0 Å². The Hall–Kier alpha value is -0.530. The third kappa shape index (κ3) is 2.21. The van der Waals surface area contributed by atoms with E-state index in [0.29, 0.717) is 17.4 Å². The summed E-state index contributed by atoms with van der Waals surface area (Å²) in [5.41, 5.74) is 1.94. The Bertz CT molecular complexity index is 398. The van der Waals surface area contributed by atoms with Gasteiger partial charge in [0.1, 0.15) is 6.10 Å². The number of oxime groups is 1. The topological polar surface area (TPSA) is 21.6 Å². The largest absolute Gasteiger partial charge is 0.392 e. The van der Waals surface area contributed by atoms with Crippen LogP contribution in [0.2, 0.25) is 0 Å². The van der Waals surface area contributed by atoms with Gasteiger partial charge in [0, 0.05) is 17.3 Å². The van der Waals surface area contributed by atoms with E-state index in [1.54, 1.807) is 0 Å². The van der Waals surface area contributed by atoms with Gasteiger partial charge in [-0.2, -0.15) is 0 Å². The van der Waals surface area contributed by atoms with Crippen molar-refractivity contribution in [3.63, 3.8) is 0 Å². The fourth-order valence-corrected chi connectivity index (χ4v) is 4.79. The summed E-state index contributed by atoms with van der Waals surface area (Å²) in [6, 6.07) is 0. The van der Waals surface area contributed by atoms with Crippen LogP contribution < -0.4 is 0 Å². The molecule has 0 spiro atoms. The second-order valence-electron chi connectivity index (χ2n) is 9.24. The third-order valence-electron chi connectivity index (χ3n) is 5.30. The lowest BCUT2D eigenvalue weighted by Crippen LogP contribution is -2.39. The molecule has 0 saturated heterocycles. The van der Waals surface area contributed by atoms with Crippen molar-refractivity contribution < 1.29 is 4.84 Å². The Balaban J connectivity index is 1.75. The number of hydrogen-bond donors (Lipinski definition) is 0. The Kier molecular flexibility index (Phi) is 2.82. The van der Waals surface area contributed by atoms with Crippen molar-refractivity contribution in [2.45, 2.75) is 66.9 Å². The van der Waals surface area contributed by atoms with Gasteiger partial charge in [0.05, 0.1) is 5.71 Å². The molecule has 5 unspecified atom stereocenters. The van der Waals surface area contributed by atoms with Crippen LogP contribution in [0.4, 0.5) is 0 Å². The summed E-state index contributed by atoms with van der Waals surface area (Å²) >= 11 is 0. The monoisotopic (exact) mass is 263 g/mol. The average molecular weight is 263 g/mol. The van der Waals surface area contributed by atoms with E-state index in [2.05, 4.69) is 46.7 Å². The molecule has 108 valence electrons. The molecule has 0 N–H and O–H groups in total. The molecule has 0 aromatic carbocycles. The van der Waals surface area contributed by atoms with E-state index >= 15 is 0 Å². The zero-order valence-electron chi connectivity index (χ0n) is 13.4. The van der Waals surface area contributed by atoms with E-state index in [1.807, 2.05) is 0 Å². The minimum Gasteiger partial charge on any atom is -0.392 e. The van der Waals surface area contributed by atoms with Crippen LogP contribution in [0.1, 0.15) is 60.8 Å². The van der Waals surface area contributed by atoms with E-state index < -0.39 is 0 Å². The molecule has 5 atom stereocenters. The lowest BCUT2D eigenvalue weighted by Gasteiger charge is -2.35. The highest BCUT2D eigenvalue weighted by Gasteiger charge is 2.59. The quantitative estimate of drug-likeness (QED) is 0.682. The zero-order chi connectivity index (χ0) is 14.0.